The van der Waals surface area contributed by atoms with E-state index >= 15 is 0 Å². The van der Waals surface area contributed by atoms with Gasteiger partial charge >= 0.3 is 0 Å². The van der Waals surface area contributed by atoms with Crippen LogP contribution in [0.15, 0.2) is 66.9 Å². The summed E-state index contributed by atoms with van der Waals surface area (Å²) in [6, 6.07) is 15.9. The Kier molecular flexibility index (Phi) is 5.91. The first-order valence-electron chi connectivity index (χ1n) is 9.77. The molecule has 0 saturated heterocycles. The molecule has 0 bridgehead atoms. The van der Waals surface area contributed by atoms with E-state index in [1.54, 1.807) is 4.90 Å². The van der Waals surface area contributed by atoms with Crippen LogP contribution in [-0.2, 0) is 11.3 Å². The number of amides is 2. The molecule has 0 unspecified atom stereocenters. The second-order valence-corrected chi connectivity index (χ2v) is 7.76. The van der Waals surface area contributed by atoms with Crippen LogP contribution in [0.4, 0.5) is 4.39 Å². The second-order valence-electron chi connectivity index (χ2n) is 7.35. The third kappa shape index (κ3) is 4.70. The lowest BCUT2D eigenvalue weighted by molar-refractivity contribution is -0.122. The smallest absolute Gasteiger partial charge is 0.262 e. The molecule has 1 aliphatic heterocycles. The van der Waals surface area contributed by atoms with Crippen LogP contribution in [0.25, 0.3) is 10.8 Å². The molecule has 0 spiro atoms. The summed E-state index contributed by atoms with van der Waals surface area (Å²) in [5.41, 5.74) is 2.20. The molecule has 0 saturated carbocycles. The minimum absolute atomic E-state index is 0.0168. The molecular weight excluding hydrogens is 419 g/mol. The Hall–Kier alpha value is -3.38. The molecule has 2 amide bonds. The van der Waals surface area contributed by atoms with Gasteiger partial charge in [0, 0.05) is 36.8 Å². The molecule has 1 N–H and O–H groups in total. The largest absolute Gasteiger partial charge is 0.484 e. The van der Waals surface area contributed by atoms with Gasteiger partial charge in [-0.25, -0.2) is 4.39 Å². The van der Waals surface area contributed by atoms with Gasteiger partial charge in [-0.1, -0.05) is 42.4 Å². The number of carbonyl (C=O) groups excluding carboxylic acids is 2. The van der Waals surface area contributed by atoms with Gasteiger partial charge in [0.05, 0.1) is 5.02 Å². The first-order valence-corrected chi connectivity index (χ1v) is 10.1. The maximum absolute atomic E-state index is 13.4. The Balaban J connectivity index is 1.27. The van der Waals surface area contributed by atoms with Crippen molar-refractivity contribution >= 4 is 34.2 Å². The highest BCUT2D eigenvalue weighted by Gasteiger charge is 2.27. The number of benzene rings is 3. The molecule has 4 rings (SSSR count). The van der Waals surface area contributed by atoms with Crippen molar-refractivity contribution < 1.29 is 18.7 Å². The predicted molar refractivity (Wildman–Crippen MR) is 117 cm³/mol. The zero-order chi connectivity index (χ0) is 22.0. The number of ether oxygens (including phenoxy) is 1. The fourth-order valence-corrected chi connectivity index (χ4v) is 3.64. The average molecular weight is 439 g/mol. The molecule has 5 nitrogen and oxygen atoms in total. The highest BCUT2D eigenvalue weighted by Crippen LogP contribution is 2.28. The molecule has 0 fully saturated rings. The molecular formula is C24H20ClFN2O3. The molecule has 0 radical (unpaired) electrons. The number of fused-ring (bicyclic) bond motifs is 2. The number of hydrogen-bond donors (Lipinski definition) is 1. The molecule has 0 aliphatic carbocycles. The number of halogens is 2. The fourth-order valence-electron chi connectivity index (χ4n) is 3.53. The van der Waals surface area contributed by atoms with Crippen molar-refractivity contribution in [2.75, 3.05) is 13.2 Å². The summed E-state index contributed by atoms with van der Waals surface area (Å²) in [7, 11) is 0. The highest BCUT2D eigenvalue weighted by atomic mass is 35.5. The van der Waals surface area contributed by atoms with Crippen LogP contribution in [0.1, 0.15) is 22.3 Å². The van der Waals surface area contributed by atoms with Gasteiger partial charge in [-0.05, 0) is 40.6 Å². The first kappa shape index (κ1) is 20.9. The summed E-state index contributed by atoms with van der Waals surface area (Å²) in [4.78, 5) is 26.5. The molecule has 1 heterocycles. The Morgan fingerprint density at radius 2 is 1.90 bits per heavy atom. The van der Waals surface area contributed by atoms with E-state index in [9.17, 15) is 14.0 Å². The number of carbonyl (C=O) groups is 2. The van der Waals surface area contributed by atoms with Crippen molar-refractivity contribution in [1.29, 1.82) is 0 Å². The molecule has 158 valence electrons. The predicted octanol–water partition coefficient (Wildman–Crippen LogP) is 4.69. The van der Waals surface area contributed by atoms with Crippen molar-refractivity contribution in [3.63, 3.8) is 0 Å². The number of nitrogens with zero attached hydrogens (tertiary/aromatic N) is 1. The third-order valence-electron chi connectivity index (χ3n) is 5.11. The first-order chi connectivity index (χ1) is 14.9. The van der Waals surface area contributed by atoms with Crippen LogP contribution in [0, 0.1) is 5.82 Å². The summed E-state index contributed by atoms with van der Waals surface area (Å²) < 4.78 is 18.7. The highest BCUT2D eigenvalue weighted by molar-refractivity contribution is 6.30. The quantitative estimate of drug-likeness (QED) is 0.582. The monoisotopic (exact) mass is 438 g/mol. The molecule has 3 aromatic carbocycles. The fraction of sp³-hybridized carbons (Fsp3) is 0.167. The second kappa shape index (κ2) is 8.78. The van der Waals surface area contributed by atoms with Crippen LogP contribution < -0.4 is 10.1 Å². The normalized spacial score (nSPS) is 12.7. The van der Waals surface area contributed by atoms with E-state index in [0.717, 1.165) is 28.0 Å². The van der Waals surface area contributed by atoms with Crippen molar-refractivity contribution in [2.24, 2.45) is 0 Å². The van der Waals surface area contributed by atoms with Crippen molar-refractivity contribution in [1.82, 2.24) is 10.2 Å². The lowest BCUT2D eigenvalue weighted by atomic mass is 10.0. The topological polar surface area (TPSA) is 58.6 Å². The Bertz CT molecular complexity index is 1190. The SMILES string of the molecule is C=C(CCN1Cc2cc3ccccc3cc2C1=O)NC(=O)COc1ccc(Cl)c(F)c1. The van der Waals surface area contributed by atoms with E-state index in [-0.39, 0.29) is 23.3 Å². The molecule has 0 atom stereocenters. The van der Waals surface area contributed by atoms with Crippen LogP contribution in [-0.4, -0.2) is 29.9 Å². The minimum Gasteiger partial charge on any atom is -0.484 e. The van der Waals surface area contributed by atoms with Gasteiger partial charge in [-0.15, -0.1) is 0 Å². The molecule has 31 heavy (non-hydrogen) atoms. The maximum atomic E-state index is 13.4. The Labute approximate surface area is 184 Å². The van der Waals surface area contributed by atoms with Gasteiger partial charge in [0.15, 0.2) is 6.61 Å². The molecule has 3 aromatic rings. The van der Waals surface area contributed by atoms with E-state index in [1.807, 2.05) is 30.3 Å². The Morgan fingerprint density at radius 3 is 2.65 bits per heavy atom. The van der Waals surface area contributed by atoms with Crippen LogP contribution in [0.2, 0.25) is 5.02 Å². The summed E-state index contributed by atoms with van der Waals surface area (Å²) in [5.74, 6) is -0.848. The summed E-state index contributed by atoms with van der Waals surface area (Å²) in [5, 5.41) is 4.77. The summed E-state index contributed by atoms with van der Waals surface area (Å²) >= 11 is 5.62. The minimum atomic E-state index is -0.617. The standard InChI is InChI=1S/C24H20ClFN2O3/c1-15(27-23(29)14-31-19-6-7-21(25)22(26)12-19)8-9-28-13-18-10-16-4-2-3-5-17(16)11-20(18)24(28)30/h2-7,10-12H,1,8-9,13-14H2,(H,27,29). The lowest BCUT2D eigenvalue weighted by Gasteiger charge is -2.17. The van der Waals surface area contributed by atoms with E-state index in [4.69, 9.17) is 16.3 Å². The molecule has 0 aromatic heterocycles. The van der Waals surface area contributed by atoms with Gasteiger partial charge in [-0.2, -0.15) is 0 Å². The van der Waals surface area contributed by atoms with Gasteiger partial charge in [0.25, 0.3) is 11.8 Å². The van der Waals surface area contributed by atoms with Gasteiger partial charge < -0.3 is 15.0 Å². The van der Waals surface area contributed by atoms with Crippen LogP contribution in [0.5, 0.6) is 5.75 Å². The van der Waals surface area contributed by atoms with Crippen molar-refractivity contribution in [3.05, 3.63) is 88.8 Å². The zero-order valence-corrected chi connectivity index (χ0v) is 17.4. The molecule has 7 heteroatoms. The maximum Gasteiger partial charge on any atom is 0.262 e. The van der Waals surface area contributed by atoms with E-state index in [0.29, 0.717) is 25.2 Å². The third-order valence-corrected chi connectivity index (χ3v) is 5.42. The average Bonchev–Trinajstić information content (AvgIpc) is 3.06. The van der Waals surface area contributed by atoms with Crippen LogP contribution in [0.3, 0.4) is 0 Å². The number of hydrogen-bond acceptors (Lipinski definition) is 3. The molecule has 1 aliphatic rings. The lowest BCUT2D eigenvalue weighted by Crippen LogP contribution is -2.31. The van der Waals surface area contributed by atoms with Gasteiger partial charge in [-0.3, -0.25) is 9.59 Å². The summed E-state index contributed by atoms with van der Waals surface area (Å²) in [6.45, 7) is 4.53. The summed E-state index contributed by atoms with van der Waals surface area (Å²) in [6.07, 6.45) is 0.417. The van der Waals surface area contributed by atoms with Crippen LogP contribution >= 0.6 is 11.6 Å². The van der Waals surface area contributed by atoms with E-state index in [2.05, 4.69) is 18.0 Å². The number of nitrogens with one attached hydrogen (secondary N) is 1. The number of rotatable bonds is 7. The van der Waals surface area contributed by atoms with E-state index < -0.39 is 11.7 Å². The zero-order valence-electron chi connectivity index (χ0n) is 16.7. The van der Waals surface area contributed by atoms with Gasteiger partial charge in [0.2, 0.25) is 0 Å². The van der Waals surface area contributed by atoms with Crippen molar-refractivity contribution in [2.45, 2.75) is 13.0 Å². The van der Waals surface area contributed by atoms with E-state index in [1.165, 1.54) is 12.1 Å². The Morgan fingerprint density at radius 1 is 1.16 bits per heavy atom. The van der Waals surface area contributed by atoms with Gasteiger partial charge in [0.1, 0.15) is 11.6 Å². The van der Waals surface area contributed by atoms with Crippen molar-refractivity contribution in [3.8, 4) is 5.75 Å².